The predicted octanol–water partition coefficient (Wildman–Crippen LogP) is 5.81. The Labute approximate surface area is 197 Å². The van der Waals surface area contributed by atoms with E-state index in [2.05, 4.69) is 18.8 Å². The molecule has 33 heavy (non-hydrogen) atoms. The lowest BCUT2D eigenvalue weighted by atomic mass is 9.96. The highest BCUT2D eigenvalue weighted by atomic mass is 35.5. The minimum Gasteiger partial charge on any atom is -0.505 e. The summed E-state index contributed by atoms with van der Waals surface area (Å²) in [5, 5.41) is 11.8. The summed E-state index contributed by atoms with van der Waals surface area (Å²) in [6, 6.07) is 9.06. The van der Waals surface area contributed by atoms with Crippen LogP contribution in [0.15, 0.2) is 52.1 Å². The van der Waals surface area contributed by atoms with Crippen LogP contribution in [-0.2, 0) is 6.54 Å². The van der Waals surface area contributed by atoms with Crippen LogP contribution in [0, 0.1) is 0 Å². The van der Waals surface area contributed by atoms with E-state index in [-0.39, 0.29) is 28.8 Å². The first-order chi connectivity index (χ1) is 15.9. The summed E-state index contributed by atoms with van der Waals surface area (Å²) in [4.78, 5) is 23.3. The summed E-state index contributed by atoms with van der Waals surface area (Å²) in [7, 11) is 1.62. The van der Waals surface area contributed by atoms with Crippen molar-refractivity contribution in [2.45, 2.75) is 26.3 Å². The number of benzene rings is 2. The van der Waals surface area contributed by atoms with Gasteiger partial charge in [0.1, 0.15) is 22.2 Å². The van der Waals surface area contributed by atoms with Gasteiger partial charge in [0, 0.05) is 10.9 Å². The van der Waals surface area contributed by atoms with E-state index in [0.29, 0.717) is 31.9 Å². The number of nitrogens with zero attached hydrogens (tertiary/aromatic N) is 3. The maximum Gasteiger partial charge on any atom is 0.263 e. The lowest BCUT2D eigenvalue weighted by Crippen LogP contribution is -2.24. The third-order valence-electron chi connectivity index (χ3n) is 5.61. The van der Waals surface area contributed by atoms with Crippen LogP contribution < -0.4 is 10.3 Å². The van der Waals surface area contributed by atoms with Gasteiger partial charge in [-0.25, -0.2) is 9.97 Å². The molecule has 2 aromatic carbocycles. The molecule has 1 N–H and O–H groups in total. The van der Waals surface area contributed by atoms with Gasteiger partial charge < -0.3 is 14.3 Å². The van der Waals surface area contributed by atoms with Crippen LogP contribution in [0.25, 0.3) is 31.7 Å². The summed E-state index contributed by atoms with van der Waals surface area (Å²) in [6.07, 6.45) is 2.91. The summed E-state index contributed by atoms with van der Waals surface area (Å²) in [5.41, 5.74) is 1.59. The first-order valence-corrected chi connectivity index (χ1v) is 11.5. The first kappa shape index (κ1) is 21.5. The Bertz CT molecular complexity index is 1550. The highest BCUT2D eigenvalue weighted by Crippen LogP contribution is 2.41. The Morgan fingerprint density at radius 2 is 2.09 bits per heavy atom. The molecule has 0 saturated heterocycles. The van der Waals surface area contributed by atoms with Crippen LogP contribution >= 0.6 is 22.9 Å². The molecule has 0 aliphatic carbocycles. The maximum atomic E-state index is 13.9. The Balaban J connectivity index is 1.87. The zero-order valence-corrected chi connectivity index (χ0v) is 19.7. The molecule has 0 saturated carbocycles. The number of halogens is 1. The summed E-state index contributed by atoms with van der Waals surface area (Å²) in [5.74, 6) is 1.88. The highest BCUT2D eigenvalue weighted by Gasteiger charge is 2.22. The number of aromatic nitrogens is 3. The van der Waals surface area contributed by atoms with Crippen LogP contribution in [0.3, 0.4) is 0 Å². The lowest BCUT2D eigenvalue weighted by Gasteiger charge is -2.17. The fourth-order valence-electron chi connectivity index (χ4n) is 3.96. The molecule has 0 aliphatic heterocycles. The fraction of sp³-hybridized carbons (Fsp3) is 0.208. The molecule has 0 amide bonds. The number of phenols is 1. The second-order valence-electron chi connectivity index (χ2n) is 7.96. The lowest BCUT2D eigenvalue weighted by molar-refractivity contribution is 0.414. The summed E-state index contributed by atoms with van der Waals surface area (Å²) in [6.45, 7) is 4.32. The van der Waals surface area contributed by atoms with E-state index >= 15 is 0 Å². The molecule has 9 heteroatoms. The van der Waals surface area contributed by atoms with Crippen molar-refractivity contribution in [1.29, 1.82) is 0 Å². The standard InChI is InChI=1S/C24H20ClN3O4S/c1-12(2)17-8-13(31-3)4-5-15(17)22-27-23-19(16-6-7-18(25)20(29)21(16)33-23)24(30)28(22)10-14-9-26-11-32-14/h4-9,11-12,29H,10H2,1-3H3. The van der Waals surface area contributed by atoms with Crippen molar-refractivity contribution < 1.29 is 14.3 Å². The van der Waals surface area contributed by atoms with Crippen molar-refractivity contribution in [3.63, 3.8) is 0 Å². The fourth-order valence-corrected chi connectivity index (χ4v) is 5.29. The quantitative estimate of drug-likeness (QED) is 0.341. The molecule has 0 spiro atoms. The van der Waals surface area contributed by atoms with E-state index in [0.717, 1.165) is 16.9 Å². The summed E-state index contributed by atoms with van der Waals surface area (Å²) < 4.78 is 13.0. The molecular formula is C24H20ClN3O4S. The Morgan fingerprint density at radius 1 is 1.27 bits per heavy atom. The topological polar surface area (TPSA) is 90.4 Å². The maximum absolute atomic E-state index is 13.9. The number of ether oxygens (including phenoxy) is 1. The zero-order chi connectivity index (χ0) is 23.3. The van der Waals surface area contributed by atoms with Gasteiger partial charge >= 0.3 is 0 Å². The largest absolute Gasteiger partial charge is 0.505 e. The van der Waals surface area contributed by atoms with Crippen molar-refractivity contribution in [2.75, 3.05) is 7.11 Å². The van der Waals surface area contributed by atoms with Gasteiger partial charge in [0.25, 0.3) is 5.56 Å². The van der Waals surface area contributed by atoms with Gasteiger partial charge in [-0.05, 0) is 35.7 Å². The molecule has 0 aliphatic rings. The van der Waals surface area contributed by atoms with Crippen molar-refractivity contribution in [3.05, 3.63) is 69.6 Å². The molecule has 0 atom stereocenters. The Morgan fingerprint density at radius 3 is 2.79 bits per heavy atom. The van der Waals surface area contributed by atoms with Crippen LogP contribution in [0.1, 0.15) is 31.1 Å². The monoisotopic (exact) mass is 481 g/mol. The van der Waals surface area contributed by atoms with E-state index < -0.39 is 0 Å². The number of phenolic OH excluding ortho intramolecular Hbond substituents is 1. The minimum atomic E-state index is -0.232. The number of rotatable bonds is 5. The molecule has 0 unspecified atom stereocenters. The van der Waals surface area contributed by atoms with Gasteiger partial charge in [-0.15, -0.1) is 11.3 Å². The average molecular weight is 482 g/mol. The normalized spacial score (nSPS) is 11.7. The molecule has 5 aromatic rings. The van der Waals surface area contributed by atoms with Crippen molar-refractivity contribution in [3.8, 4) is 22.9 Å². The summed E-state index contributed by atoms with van der Waals surface area (Å²) >= 11 is 7.36. The van der Waals surface area contributed by atoms with Gasteiger partial charge in [-0.3, -0.25) is 9.36 Å². The Kier molecular flexibility index (Phi) is 5.34. The van der Waals surface area contributed by atoms with Crippen molar-refractivity contribution in [2.24, 2.45) is 0 Å². The first-order valence-electron chi connectivity index (χ1n) is 10.3. The number of hydrogen-bond acceptors (Lipinski definition) is 7. The third kappa shape index (κ3) is 3.55. The predicted molar refractivity (Wildman–Crippen MR) is 130 cm³/mol. The van der Waals surface area contributed by atoms with Gasteiger partial charge in [0.15, 0.2) is 12.1 Å². The third-order valence-corrected chi connectivity index (χ3v) is 7.02. The van der Waals surface area contributed by atoms with E-state index in [1.807, 2.05) is 18.2 Å². The molecular weight excluding hydrogens is 462 g/mol. The SMILES string of the molecule is COc1ccc(-c2nc3sc4c(O)c(Cl)ccc4c3c(=O)n2Cc2cnco2)c(C(C)C)c1. The number of aromatic hydroxyl groups is 1. The minimum absolute atomic E-state index is 0.0489. The van der Waals surface area contributed by atoms with E-state index in [1.54, 1.807) is 30.0 Å². The van der Waals surface area contributed by atoms with Crippen LogP contribution in [-0.4, -0.2) is 26.8 Å². The van der Waals surface area contributed by atoms with E-state index in [4.69, 9.17) is 25.7 Å². The number of oxazole rings is 1. The van der Waals surface area contributed by atoms with Crippen molar-refractivity contribution >= 4 is 43.2 Å². The Hall–Kier alpha value is -3.36. The van der Waals surface area contributed by atoms with Crippen LogP contribution in [0.4, 0.5) is 0 Å². The van der Waals surface area contributed by atoms with Gasteiger partial charge in [0.2, 0.25) is 0 Å². The molecule has 0 fully saturated rings. The average Bonchev–Trinajstić information content (AvgIpc) is 3.45. The molecule has 0 radical (unpaired) electrons. The number of hydrogen-bond donors (Lipinski definition) is 1. The second-order valence-corrected chi connectivity index (χ2v) is 9.36. The molecule has 7 nitrogen and oxygen atoms in total. The highest BCUT2D eigenvalue weighted by molar-refractivity contribution is 7.25. The molecule has 3 heterocycles. The van der Waals surface area contributed by atoms with E-state index in [1.165, 1.54) is 17.7 Å². The number of thiophene rings is 1. The zero-order valence-electron chi connectivity index (χ0n) is 18.1. The molecule has 168 valence electrons. The van der Waals surface area contributed by atoms with Gasteiger partial charge in [-0.2, -0.15) is 0 Å². The van der Waals surface area contributed by atoms with Crippen molar-refractivity contribution in [1.82, 2.24) is 14.5 Å². The van der Waals surface area contributed by atoms with E-state index in [9.17, 15) is 9.90 Å². The van der Waals surface area contributed by atoms with Gasteiger partial charge in [-0.1, -0.05) is 31.5 Å². The second kappa shape index (κ2) is 8.20. The number of fused-ring (bicyclic) bond motifs is 3. The molecule has 0 bridgehead atoms. The van der Waals surface area contributed by atoms with Crippen LogP contribution in [0.2, 0.25) is 5.02 Å². The smallest absolute Gasteiger partial charge is 0.263 e. The van der Waals surface area contributed by atoms with Crippen LogP contribution in [0.5, 0.6) is 11.5 Å². The molecule has 3 aromatic heterocycles. The molecule has 5 rings (SSSR count). The van der Waals surface area contributed by atoms with Gasteiger partial charge in [0.05, 0.1) is 35.0 Å². The number of methoxy groups -OCH3 is 1.